The SMILES string of the molecule is CC[C@H](C(=O)N1Cc2ccc(-c3ccccc3C(=O)OC)cc2C1)c1ccccc1. The number of benzene rings is 3. The molecular weight excluding hydrogens is 374 g/mol. The summed E-state index contributed by atoms with van der Waals surface area (Å²) in [5.74, 6) is -0.312. The van der Waals surface area contributed by atoms with E-state index in [1.165, 1.54) is 7.11 Å². The van der Waals surface area contributed by atoms with Gasteiger partial charge in [0.1, 0.15) is 0 Å². The van der Waals surface area contributed by atoms with Crippen LogP contribution in [0.25, 0.3) is 11.1 Å². The molecule has 1 aliphatic rings. The second kappa shape index (κ2) is 8.54. The third-order valence-corrected chi connectivity index (χ3v) is 5.79. The molecule has 3 aromatic rings. The highest BCUT2D eigenvalue weighted by atomic mass is 16.5. The molecule has 0 N–H and O–H groups in total. The average molecular weight is 399 g/mol. The van der Waals surface area contributed by atoms with Crippen LogP contribution in [0.15, 0.2) is 72.8 Å². The predicted molar refractivity (Wildman–Crippen MR) is 117 cm³/mol. The highest BCUT2D eigenvalue weighted by Crippen LogP contribution is 2.33. The van der Waals surface area contributed by atoms with E-state index in [1.54, 1.807) is 6.07 Å². The van der Waals surface area contributed by atoms with Crippen molar-refractivity contribution in [3.8, 4) is 11.1 Å². The van der Waals surface area contributed by atoms with Crippen LogP contribution in [0.5, 0.6) is 0 Å². The molecular formula is C26H25NO3. The van der Waals surface area contributed by atoms with E-state index >= 15 is 0 Å². The maximum atomic E-state index is 13.2. The van der Waals surface area contributed by atoms with Gasteiger partial charge in [-0.2, -0.15) is 0 Å². The molecule has 30 heavy (non-hydrogen) atoms. The summed E-state index contributed by atoms with van der Waals surface area (Å²) < 4.78 is 4.93. The molecule has 0 bridgehead atoms. The Hall–Kier alpha value is -3.40. The van der Waals surface area contributed by atoms with Crippen molar-refractivity contribution in [3.63, 3.8) is 0 Å². The Morgan fingerprint density at radius 1 is 0.933 bits per heavy atom. The van der Waals surface area contributed by atoms with E-state index in [0.29, 0.717) is 18.7 Å². The maximum absolute atomic E-state index is 13.2. The molecule has 4 heteroatoms. The largest absolute Gasteiger partial charge is 0.465 e. The molecule has 0 spiro atoms. The van der Waals surface area contributed by atoms with Gasteiger partial charge in [0.25, 0.3) is 0 Å². The Labute approximate surface area is 177 Å². The second-order valence-electron chi connectivity index (χ2n) is 7.59. The van der Waals surface area contributed by atoms with Crippen LogP contribution in [-0.4, -0.2) is 23.9 Å². The number of carbonyl (C=O) groups excluding carboxylic acids is 2. The molecule has 0 radical (unpaired) electrons. The third kappa shape index (κ3) is 3.73. The number of esters is 1. The van der Waals surface area contributed by atoms with Crippen molar-refractivity contribution in [2.24, 2.45) is 0 Å². The lowest BCUT2D eigenvalue weighted by atomic mass is 9.95. The highest BCUT2D eigenvalue weighted by molar-refractivity contribution is 5.97. The summed E-state index contributed by atoms with van der Waals surface area (Å²) in [5.41, 5.74) is 5.69. The van der Waals surface area contributed by atoms with Gasteiger partial charge in [0, 0.05) is 13.1 Å². The molecule has 0 aliphatic carbocycles. The Kier molecular flexibility index (Phi) is 5.66. The van der Waals surface area contributed by atoms with Gasteiger partial charge in [-0.25, -0.2) is 4.79 Å². The van der Waals surface area contributed by atoms with Gasteiger partial charge in [-0.3, -0.25) is 4.79 Å². The van der Waals surface area contributed by atoms with Crippen LogP contribution in [-0.2, 0) is 22.6 Å². The van der Waals surface area contributed by atoms with E-state index in [1.807, 2.05) is 59.5 Å². The molecule has 0 saturated carbocycles. The van der Waals surface area contributed by atoms with E-state index in [-0.39, 0.29) is 17.8 Å². The van der Waals surface area contributed by atoms with Gasteiger partial charge in [-0.1, -0.05) is 67.6 Å². The van der Waals surface area contributed by atoms with Crippen molar-refractivity contribution in [2.75, 3.05) is 7.11 Å². The summed E-state index contributed by atoms with van der Waals surface area (Å²) in [7, 11) is 1.39. The van der Waals surface area contributed by atoms with Gasteiger partial charge in [-0.05, 0) is 46.4 Å². The molecule has 0 aromatic heterocycles. The van der Waals surface area contributed by atoms with Crippen LogP contribution in [0.2, 0.25) is 0 Å². The van der Waals surface area contributed by atoms with Crippen LogP contribution >= 0.6 is 0 Å². The minimum Gasteiger partial charge on any atom is -0.465 e. The van der Waals surface area contributed by atoms with E-state index in [4.69, 9.17) is 4.74 Å². The van der Waals surface area contributed by atoms with E-state index in [9.17, 15) is 9.59 Å². The van der Waals surface area contributed by atoms with Crippen molar-refractivity contribution in [2.45, 2.75) is 32.4 Å². The molecule has 1 heterocycles. The predicted octanol–water partition coefficient (Wildman–Crippen LogP) is 5.18. The summed E-state index contributed by atoms with van der Waals surface area (Å²) in [6.07, 6.45) is 0.771. The van der Waals surface area contributed by atoms with Gasteiger partial charge >= 0.3 is 5.97 Å². The zero-order valence-electron chi connectivity index (χ0n) is 17.3. The highest BCUT2D eigenvalue weighted by Gasteiger charge is 2.29. The number of ether oxygens (including phenoxy) is 1. The van der Waals surface area contributed by atoms with Gasteiger partial charge in [-0.15, -0.1) is 0 Å². The minimum absolute atomic E-state index is 0.125. The van der Waals surface area contributed by atoms with Gasteiger partial charge in [0.2, 0.25) is 5.91 Å². The fourth-order valence-corrected chi connectivity index (χ4v) is 4.20. The molecule has 1 amide bonds. The number of fused-ring (bicyclic) bond motifs is 1. The Bertz CT molecular complexity index is 1070. The van der Waals surface area contributed by atoms with Crippen LogP contribution in [0, 0.1) is 0 Å². The topological polar surface area (TPSA) is 46.6 Å². The number of rotatable bonds is 5. The first-order valence-corrected chi connectivity index (χ1v) is 10.3. The van der Waals surface area contributed by atoms with Crippen LogP contribution in [0.3, 0.4) is 0 Å². The van der Waals surface area contributed by atoms with E-state index < -0.39 is 0 Å². The molecule has 0 unspecified atom stereocenters. The molecule has 152 valence electrons. The number of amides is 1. The Morgan fingerprint density at radius 2 is 1.63 bits per heavy atom. The van der Waals surface area contributed by atoms with Gasteiger partial charge in [0.15, 0.2) is 0 Å². The first-order valence-electron chi connectivity index (χ1n) is 10.3. The number of hydrogen-bond acceptors (Lipinski definition) is 3. The number of hydrogen-bond donors (Lipinski definition) is 0. The first kappa shape index (κ1) is 19.9. The Balaban J connectivity index is 1.59. The minimum atomic E-state index is -0.350. The van der Waals surface area contributed by atoms with Gasteiger partial charge < -0.3 is 9.64 Å². The summed E-state index contributed by atoms with van der Waals surface area (Å²) >= 11 is 0. The van der Waals surface area contributed by atoms with Crippen molar-refractivity contribution >= 4 is 11.9 Å². The lowest BCUT2D eigenvalue weighted by Gasteiger charge is -2.22. The number of carbonyl (C=O) groups is 2. The third-order valence-electron chi connectivity index (χ3n) is 5.79. The number of methoxy groups -OCH3 is 1. The molecule has 0 saturated heterocycles. The summed E-state index contributed by atoms with van der Waals surface area (Å²) in [4.78, 5) is 27.3. The van der Waals surface area contributed by atoms with Crippen molar-refractivity contribution < 1.29 is 14.3 Å². The summed E-state index contributed by atoms with van der Waals surface area (Å²) in [5, 5.41) is 0. The maximum Gasteiger partial charge on any atom is 0.338 e. The van der Waals surface area contributed by atoms with Crippen LogP contribution in [0.4, 0.5) is 0 Å². The smallest absolute Gasteiger partial charge is 0.338 e. The zero-order chi connectivity index (χ0) is 21.1. The lowest BCUT2D eigenvalue weighted by Crippen LogP contribution is -2.30. The summed E-state index contributed by atoms with van der Waals surface area (Å²) in [6, 6.07) is 23.6. The van der Waals surface area contributed by atoms with Gasteiger partial charge in [0.05, 0.1) is 18.6 Å². The normalized spacial score (nSPS) is 13.6. The van der Waals surface area contributed by atoms with Crippen molar-refractivity contribution in [3.05, 3.63) is 95.1 Å². The first-order chi connectivity index (χ1) is 14.6. The van der Waals surface area contributed by atoms with Crippen molar-refractivity contribution in [1.29, 1.82) is 0 Å². The molecule has 0 fully saturated rings. The van der Waals surface area contributed by atoms with Crippen LogP contribution < -0.4 is 0 Å². The molecule has 4 rings (SSSR count). The lowest BCUT2D eigenvalue weighted by molar-refractivity contribution is -0.133. The second-order valence-corrected chi connectivity index (χ2v) is 7.59. The fourth-order valence-electron chi connectivity index (χ4n) is 4.20. The zero-order valence-corrected chi connectivity index (χ0v) is 17.3. The molecule has 4 nitrogen and oxygen atoms in total. The summed E-state index contributed by atoms with van der Waals surface area (Å²) in [6.45, 7) is 3.27. The van der Waals surface area contributed by atoms with Crippen LogP contribution in [0.1, 0.15) is 46.3 Å². The molecule has 3 aromatic carbocycles. The molecule has 1 atom stereocenters. The van der Waals surface area contributed by atoms with Crippen molar-refractivity contribution in [1.82, 2.24) is 4.90 Å². The van der Waals surface area contributed by atoms with E-state index in [0.717, 1.165) is 34.2 Å². The monoisotopic (exact) mass is 399 g/mol. The quantitative estimate of drug-likeness (QED) is 0.556. The van der Waals surface area contributed by atoms with E-state index in [2.05, 4.69) is 19.1 Å². The Morgan fingerprint density at radius 3 is 2.37 bits per heavy atom. The average Bonchev–Trinajstić information content (AvgIpc) is 3.23. The molecule has 1 aliphatic heterocycles. The standard InChI is InChI=1S/C26H25NO3/c1-3-22(18-9-5-4-6-10-18)25(28)27-16-20-14-13-19(15-21(20)17-27)23-11-7-8-12-24(23)26(29)30-2/h4-15,22H,3,16-17H2,1-2H3/t22-/m0/s1. The fraction of sp³-hybridized carbons (Fsp3) is 0.231. The number of nitrogens with zero attached hydrogens (tertiary/aromatic N) is 1.